The molecule has 2 heterocycles. The summed E-state index contributed by atoms with van der Waals surface area (Å²) in [5.41, 5.74) is 4.39. The maximum Gasteiger partial charge on any atom is 0.417 e. The zero-order valence-electron chi connectivity index (χ0n) is 16.2. The first-order valence-corrected chi connectivity index (χ1v) is 9.30. The van der Waals surface area contributed by atoms with Gasteiger partial charge in [0.2, 0.25) is 5.91 Å². The molecule has 0 saturated carbocycles. The molecule has 30 heavy (non-hydrogen) atoms. The Balaban J connectivity index is 1.47. The number of aromatic nitrogens is 1. The van der Waals surface area contributed by atoms with Crippen molar-refractivity contribution in [2.24, 2.45) is 5.92 Å². The van der Waals surface area contributed by atoms with Crippen LogP contribution in [-0.4, -0.2) is 37.0 Å². The number of amides is 2. The fourth-order valence-corrected chi connectivity index (χ4v) is 3.15. The lowest BCUT2D eigenvalue weighted by atomic mass is 9.96. The number of carbonyl (C=O) groups excluding carboxylic acids is 2. The van der Waals surface area contributed by atoms with Gasteiger partial charge in [0.15, 0.2) is 0 Å². The van der Waals surface area contributed by atoms with E-state index in [2.05, 4.69) is 15.8 Å². The summed E-state index contributed by atoms with van der Waals surface area (Å²) in [5, 5.41) is 0. The van der Waals surface area contributed by atoms with Gasteiger partial charge in [0.25, 0.3) is 5.91 Å². The molecule has 7 nitrogen and oxygen atoms in total. The third-order valence-electron chi connectivity index (χ3n) is 4.92. The van der Waals surface area contributed by atoms with Crippen molar-refractivity contribution >= 4 is 17.6 Å². The number of methoxy groups -OCH3 is 1. The number of nitrogens with one attached hydrogen (secondary N) is 2. The summed E-state index contributed by atoms with van der Waals surface area (Å²) in [6, 6.07) is 8.77. The molecular formula is C20H21F3N4O3. The molecule has 1 saturated heterocycles. The maximum atomic E-state index is 12.6. The average molecular weight is 422 g/mol. The number of benzene rings is 1. The highest BCUT2D eigenvalue weighted by atomic mass is 19.4. The predicted octanol–water partition coefficient (Wildman–Crippen LogP) is 2.79. The summed E-state index contributed by atoms with van der Waals surface area (Å²) in [6.07, 6.45) is -2.63. The Hall–Kier alpha value is -3.30. The number of ether oxygens (including phenoxy) is 1. The molecule has 1 aliphatic rings. The number of piperidine rings is 1. The summed E-state index contributed by atoms with van der Waals surface area (Å²) in [5.74, 6) is -0.0132. The lowest BCUT2D eigenvalue weighted by Crippen LogP contribution is -2.47. The van der Waals surface area contributed by atoms with Crippen molar-refractivity contribution in [1.29, 1.82) is 0 Å². The molecule has 3 rings (SSSR count). The number of halogens is 3. The summed E-state index contributed by atoms with van der Waals surface area (Å²) in [7, 11) is 1.52. The van der Waals surface area contributed by atoms with Crippen LogP contribution in [0, 0.1) is 5.92 Å². The van der Waals surface area contributed by atoms with Crippen LogP contribution >= 0.6 is 0 Å². The first kappa shape index (κ1) is 21.4. The minimum absolute atomic E-state index is 0.308. The first-order chi connectivity index (χ1) is 14.3. The molecule has 2 aromatic rings. The van der Waals surface area contributed by atoms with Crippen LogP contribution in [0.3, 0.4) is 0 Å². The van der Waals surface area contributed by atoms with E-state index in [0.29, 0.717) is 43.1 Å². The van der Waals surface area contributed by atoms with Gasteiger partial charge in [-0.1, -0.05) is 0 Å². The highest BCUT2D eigenvalue weighted by molar-refractivity contribution is 5.95. The monoisotopic (exact) mass is 422 g/mol. The highest BCUT2D eigenvalue weighted by Gasteiger charge is 2.31. The van der Waals surface area contributed by atoms with E-state index >= 15 is 0 Å². The Bertz CT molecular complexity index is 878. The molecule has 0 bridgehead atoms. The van der Waals surface area contributed by atoms with E-state index < -0.39 is 17.6 Å². The average Bonchev–Trinajstić information content (AvgIpc) is 2.77. The van der Waals surface area contributed by atoms with Crippen molar-refractivity contribution in [3.05, 3.63) is 53.7 Å². The zero-order chi connectivity index (χ0) is 21.7. The second-order valence-corrected chi connectivity index (χ2v) is 6.84. The van der Waals surface area contributed by atoms with Crippen molar-refractivity contribution < 1.29 is 27.5 Å². The van der Waals surface area contributed by atoms with Gasteiger partial charge in [-0.2, -0.15) is 13.2 Å². The molecule has 0 radical (unpaired) electrons. The molecule has 160 valence electrons. The van der Waals surface area contributed by atoms with Crippen LogP contribution in [-0.2, 0) is 11.0 Å². The van der Waals surface area contributed by atoms with Crippen LogP contribution in [0.5, 0.6) is 5.75 Å². The Morgan fingerprint density at radius 3 is 2.27 bits per heavy atom. The first-order valence-electron chi connectivity index (χ1n) is 9.30. The van der Waals surface area contributed by atoms with Crippen molar-refractivity contribution in [1.82, 2.24) is 15.8 Å². The fraction of sp³-hybridized carbons (Fsp3) is 0.350. The van der Waals surface area contributed by atoms with Gasteiger partial charge in [-0.15, -0.1) is 0 Å². The Labute approximate surface area is 171 Å². The quantitative estimate of drug-likeness (QED) is 0.741. The van der Waals surface area contributed by atoms with E-state index in [1.807, 2.05) is 4.90 Å². The lowest BCUT2D eigenvalue weighted by Gasteiger charge is -2.32. The Kier molecular flexibility index (Phi) is 6.43. The Morgan fingerprint density at radius 1 is 1.07 bits per heavy atom. The number of rotatable bonds is 4. The molecule has 2 amide bonds. The van der Waals surface area contributed by atoms with Crippen molar-refractivity contribution in [2.45, 2.75) is 19.0 Å². The van der Waals surface area contributed by atoms with Crippen LogP contribution in [0.25, 0.3) is 0 Å². The maximum absolute atomic E-state index is 12.6. The molecule has 1 aliphatic heterocycles. The molecule has 0 spiro atoms. The second kappa shape index (κ2) is 9.02. The second-order valence-electron chi connectivity index (χ2n) is 6.84. The Morgan fingerprint density at radius 2 is 1.73 bits per heavy atom. The minimum Gasteiger partial charge on any atom is -0.497 e. The standard InChI is InChI=1S/C20H21F3N4O3/c1-30-16-5-2-13(3-6-16)18(28)25-26-19(29)14-8-10-27(11-9-14)17-7-4-15(12-24-17)20(21,22)23/h2-7,12,14H,8-11H2,1H3,(H,25,28)(H,26,29). The van der Waals surface area contributed by atoms with Crippen LogP contribution in [0.2, 0.25) is 0 Å². The summed E-state index contributed by atoms with van der Waals surface area (Å²) < 4.78 is 42.9. The van der Waals surface area contributed by atoms with Crippen molar-refractivity contribution in [2.75, 3.05) is 25.1 Å². The van der Waals surface area contributed by atoms with Gasteiger partial charge >= 0.3 is 6.18 Å². The third kappa shape index (κ3) is 5.19. The zero-order valence-corrected chi connectivity index (χ0v) is 16.2. The largest absolute Gasteiger partial charge is 0.497 e. The van der Waals surface area contributed by atoms with Crippen LogP contribution in [0.1, 0.15) is 28.8 Å². The van der Waals surface area contributed by atoms with E-state index in [0.717, 1.165) is 12.3 Å². The summed E-state index contributed by atoms with van der Waals surface area (Å²) in [6.45, 7) is 0.950. The predicted molar refractivity (Wildman–Crippen MR) is 103 cm³/mol. The molecule has 0 atom stereocenters. The molecule has 2 N–H and O–H groups in total. The molecule has 1 aromatic carbocycles. The molecular weight excluding hydrogens is 401 g/mol. The SMILES string of the molecule is COc1ccc(C(=O)NNC(=O)C2CCN(c3ccc(C(F)(F)F)cn3)CC2)cc1. The summed E-state index contributed by atoms with van der Waals surface area (Å²) >= 11 is 0. The summed E-state index contributed by atoms with van der Waals surface area (Å²) in [4.78, 5) is 30.1. The van der Waals surface area contributed by atoms with E-state index in [1.54, 1.807) is 24.3 Å². The number of carbonyl (C=O) groups is 2. The number of hydrogen-bond donors (Lipinski definition) is 2. The topological polar surface area (TPSA) is 83.6 Å². The van der Waals surface area contributed by atoms with Gasteiger partial charge in [0.1, 0.15) is 11.6 Å². The smallest absolute Gasteiger partial charge is 0.417 e. The van der Waals surface area contributed by atoms with Gasteiger partial charge < -0.3 is 9.64 Å². The molecule has 1 aromatic heterocycles. The molecule has 1 fully saturated rings. The third-order valence-corrected chi connectivity index (χ3v) is 4.92. The van der Waals surface area contributed by atoms with Gasteiger partial charge in [0, 0.05) is 30.8 Å². The van der Waals surface area contributed by atoms with Gasteiger partial charge in [-0.3, -0.25) is 20.4 Å². The van der Waals surface area contributed by atoms with Gasteiger partial charge in [0.05, 0.1) is 12.7 Å². The van der Waals surface area contributed by atoms with Crippen LogP contribution < -0.4 is 20.5 Å². The molecule has 0 aliphatic carbocycles. The van der Waals surface area contributed by atoms with E-state index in [4.69, 9.17) is 4.74 Å². The number of pyridine rings is 1. The van der Waals surface area contributed by atoms with Gasteiger partial charge in [-0.25, -0.2) is 4.98 Å². The van der Waals surface area contributed by atoms with E-state index in [-0.39, 0.29) is 11.8 Å². The van der Waals surface area contributed by atoms with E-state index in [9.17, 15) is 22.8 Å². The number of alkyl halides is 3. The van der Waals surface area contributed by atoms with Gasteiger partial charge in [-0.05, 0) is 49.2 Å². The van der Waals surface area contributed by atoms with E-state index in [1.165, 1.54) is 13.2 Å². The lowest BCUT2D eigenvalue weighted by molar-refractivity contribution is -0.137. The molecule has 0 unspecified atom stereocenters. The number of nitrogens with zero attached hydrogens (tertiary/aromatic N) is 2. The highest BCUT2D eigenvalue weighted by Crippen LogP contribution is 2.30. The van der Waals surface area contributed by atoms with Crippen LogP contribution in [0.4, 0.5) is 19.0 Å². The van der Waals surface area contributed by atoms with Crippen molar-refractivity contribution in [3.8, 4) is 5.75 Å². The van der Waals surface area contributed by atoms with Crippen LogP contribution in [0.15, 0.2) is 42.6 Å². The number of hydrazine groups is 1. The minimum atomic E-state index is -4.42. The number of hydrogen-bond acceptors (Lipinski definition) is 5. The number of anilines is 1. The van der Waals surface area contributed by atoms with Crippen molar-refractivity contribution in [3.63, 3.8) is 0 Å². The fourth-order valence-electron chi connectivity index (χ4n) is 3.15. The normalized spacial score (nSPS) is 14.9. The molecule has 10 heteroatoms.